The molecule has 7 atom stereocenters. The molecule has 24 heavy (non-hydrogen) atoms. The predicted molar refractivity (Wildman–Crippen MR) is 95.3 cm³/mol. The molecule has 0 radical (unpaired) electrons. The van der Waals surface area contributed by atoms with Gasteiger partial charge in [0.2, 0.25) is 0 Å². The second-order valence-electron chi connectivity index (χ2n) is 9.00. The molecule has 2 aliphatic carbocycles. The highest BCUT2D eigenvalue weighted by Gasteiger charge is 2.69. The first-order chi connectivity index (χ1) is 11.3. The van der Waals surface area contributed by atoms with Crippen molar-refractivity contribution in [2.45, 2.75) is 71.5 Å². The van der Waals surface area contributed by atoms with Crippen LogP contribution in [0, 0.1) is 22.7 Å². The number of nitrogens with two attached hydrogens (primary N) is 1. The quantitative estimate of drug-likeness (QED) is 0.897. The van der Waals surface area contributed by atoms with Crippen LogP contribution in [0.2, 0.25) is 0 Å². The molecule has 1 aliphatic heterocycles. The molecule has 2 N–H and O–H groups in total. The van der Waals surface area contributed by atoms with Gasteiger partial charge in [-0.15, -0.1) is 0 Å². The summed E-state index contributed by atoms with van der Waals surface area (Å²) in [6, 6.07) is 10.2. The summed E-state index contributed by atoms with van der Waals surface area (Å²) in [4.78, 5) is 0. The van der Waals surface area contributed by atoms with Crippen LogP contribution in [0.15, 0.2) is 30.3 Å². The molecule has 3 fully saturated rings. The Morgan fingerprint density at radius 3 is 2.54 bits per heavy atom. The standard InChI is InChI=1S/C21H31NO2/c1-13(22)18(14-8-6-5-7-9-14)23-17-12-15-16-10-11-21(4,19(15)24-17)20(16,2)3/h5-9,13,15-19H,10-12,22H2,1-4H3/t13-,15-,16-,17-,18+,19-,21+/m1/s1. The SMILES string of the molecule is C[C@@H](N)[C@H](O[C@H]1C[C@@H]2[C@H]3CC[C@@](C)([C@@H]2O1)C3(C)C)c1ccccc1. The van der Waals surface area contributed by atoms with Gasteiger partial charge in [0.05, 0.1) is 6.10 Å². The molecule has 3 nitrogen and oxygen atoms in total. The summed E-state index contributed by atoms with van der Waals surface area (Å²) in [5, 5.41) is 0. The van der Waals surface area contributed by atoms with E-state index in [-0.39, 0.29) is 23.9 Å². The minimum absolute atomic E-state index is 0.0554. The zero-order valence-electron chi connectivity index (χ0n) is 15.4. The lowest BCUT2D eigenvalue weighted by atomic mass is 9.70. The fraction of sp³-hybridized carbons (Fsp3) is 0.714. The van der Waals surface area contributed by atoms with E-state index >= 15 is 0 Å². The van der Waals surface area contributed by atoms with Crippen LogP contribution >= 0.6 is 0 Å². The van der Waals surface area contributed by atoms with E-state index < -0.39 is 0 Å². The lowest BCUT2D eigenvalue weighted by Crippen LogP contribution is -2.38. The number of ether oxygens (including phenoxy) is 2. The lowest BCUT2D eigenvalue weighted by Gasteiger charge is -2.39. The summed E-state index contributed by atoms with van der Waals surface area (Å²) in [7, 11) is 0. The fourth-order valence-electron chi connectivity index (χ4n) is 5.88. The van der Waals surface area contributed by atoms with Gasteiger partial charge >= 0.3 is 0 Å². The van der Waals surface area contributed by atoms with E-state index in [2.05, 4.69) is 32.9 Å². The Kier molecular flexibility index (Phi) is 3.83. The molecule has 3 aliphatic rings. The first kappa shape index (κ1) is 16.6. The number of hydrogen-bond acceptors (Lipinski definition) is 3. The molecule has 3 heteroatoms. The molecule has 132 valence electrons. The Bertz CT molecular complexity index is 599. The third kappa shape index (κ3) is 2.21. The minimum Gasteiger partial charge on any atom is -0.349 e. The monoisotopic (exact) mass is 329 g/mol. The van der Waals surface area contributed by atoms with Gasteiger partial charge in [0.1, 0.15) is 6.10 Å². The first-order valence-corrected chi connectivity index (χ1v) is 9.46. The third-order valence-corrected chi connectivity index (χ3v) is 7.57. The normalized spacial score (nSPS) is 42.0. The van der Waals surface area contributed by atoms with Gasteiger partial charge in [0.15, 0.2) is 6.29 Å². The van der Waals surface area contributed by atoms with Crippen LogP contribution in [0.5, 0.6) is 0 Å². The minimum atomic E-state index is -0.118. The van der Waals surface area contributed by atoms with Crippen molar-refractivity contribution < 1.29 is 9.47 Å². The summed E-state index contributed by atoms with van der Waals surface area (Å²) >= 11 is 0. The molecule has 1 saturated heterocycles. The zero-order valence-corrected chi connectivity index (χ0v) is 15.4. The van der Waals surface area contributed by atoms with Gasteiger partial charge in [0, 0.05) is 12.5 Å². The Morgan fingerprint density at radius 1 is 1.21 bits per heavy atom. The average molecular weight is 329 g/mol. The van der Waals surface area contributed by atoms with Crippen LogP contribution in [-0.4, -0.2) is 18.4 Å². The number of fused-ring (bicyclic) bond motifs is 5. The zero-order chi connectivity index (χ0) is 17.1. The van der Waals surface area contributed by atoms with E-state index in [9.17, 15) is 0 Å². The van der Waals surface area contributed by atoms with Gasteiger partial charge < -0.3 is 15.2 Å². The maximum Gasteiger partial charge on any atom is 0.159 e. The highest BCUT2D eigenvalue weighted by atomic mass is 16.7. The van der Waals surface area contributed by atoms with E-state index in [1.54, 1.807) is 0 Å². The van der Waals surface area contributed by atoms with Gasteiger partial charge in [-0.3, -0.25) is 0 Å². The second kappa shape index (κ2) is 5.55. The molecule has 0 amide bonds. The van der Waals surface area contributed by atoms with Crippen LogP contribution in [0.3, 0.4) is 0 Å². The molecule has 0 spiro atoms. The van der Waals surface area contributed by atoms with Crippen LogP contribution < -0.4 is 5.73 Å². The van der Waals surface area contributed by atoms with E-state index in [0.717, 1.165) is 17.9 Å². The number of rotatable bonds is 4. The summed E-state index contributed by atoms with van der Waals surface area (Å²) in [5.41, 5.74) is 8.03. The van der Waals surface area contributed by atoms with Crippen molar-refractivity contribution in [1.82, 2.24) is 0 Å². The van der Waals surface area contributed by atoms with Gasteiger partial charge in [0.25, 0.3) is 0 Å². The van der Waals surface area contributed by atoms with E-state index in [1.165, 1.54) is 12.8 Å². The van der Waals surface area contributed by atoms with Gasteiger partial charge in [-0.1, -0.05) is 51.1 Å². The van der Waals surface area contributed by atoms with E-state index in [1.807, 2.05) is 25.1 Å². The highest BCUT2D eigenvalue weighted by Crippen LogP contribution is 2.71. The van der Waals surface area contributed by atoms with E-state index in [4.69, 9.17) is 15.2 Å². The van der Waals surface area contributed by atoms with Crippen LogP contribution in [0.4, 0.5) is 0 Å². The highest BCUT2D eigenvalue weighted by molar-refractivity contribution is 5.20. The second-order valence-corrected chi connectivity index (χ2v) is 9.00. The topological polar surface area (TPSA) is 44.5 Å². The molecule has 2 bridgehead atoms. The molecule has 1 aromatic rings. The maximum atomic E-state index is 6.48. The largest absolute Gasteiger partial charge is 0.349 e. The molecule has 4 rings (SSSR count). The van der Waals surface area contributed by atoms with Crippen molar-refractivity contribution in [2.24, 2.45) is 28.4 Å². The molecular formula is C21H31NO2. The summed E-state index contributed by atoms with van der Waals surface area (Å²) in [6.07, 6.45) is 3.77. The Balaban J connectivity index is 1.51. The molecular weight excluding hydrogens is 298 g/mol. The molecule has 0 aromatic heterocycles. The maximum absolute atomic E-state index is 6.48. The Labute approximate surface area is 145 Å². The Hall–Kier alpha value is -0.900. The van der Waals surface area contributed by atoms with Gasteiger partial charge in [-0.25, -0.2) is 0 Å². The van der Waals surface area contributed by atoms with Crippen molar-refractivity contribution in [1.29, 1.82) is 0 Å². The van der Waals surface area contributed by atoms with Gasteiger partial charge in [-0.05, 0) is 48.0 Å². The third-order valence-electron chi connectivity index (χ3n) is 7.57. The van der Waals surface area contributed by atoms with Crippen molar-refractivity contribution in [3.8, 4) is 0 Å². The fourth-order valence-corrected chi connectivity index (χ4v) is 5.88. The van der Waals surface area contributed by atoms with Crippen LogP contribution in [0.1, 0.15) is 58.6 Å². The molecule has 2 saturated carbocycles. The number of benzene rings is 1. The van der Waals surface area contributed by atoms with Crippen molar-refractivity contribution in [3.05, 3.63) is 35.9 Å². The lowest BCUT2D eigenvalue weighted by molar-refractivity contribution is -0.190. The van der Waals surface area contributed by atoms with E-state index in [0.29, 0.717) is 17.4 Å². The smallest absolute Gasteiger partial charge is 0.159 e. The van der Waals surface area contributed by atoms with Gasteiger partial charge in [-0.2, -0.15) is 0 Å². The summed E-state index contributed by atoms with van der Waals surface area (Å²) in [6.45, 7) is 9.33. The molecule has 1 heterocycles. The van der Waals surface area contributed by atoms with Crippen molar-refractivity contribution in [3.63, 3.8) is 0 Å². The summed E-state index contributed by atoms with van der Waals surface area (Å²) in [5.74, 6) is 1.42. The molecule has 0 unspecified atom stereocenters. The molecule has 1 aromatic carbocycles. The number of hydrogen-bond donors (Lipinski definition) is 1. The van der Waals surface area contributed by atoms with Crippen LogP contribution in [-0.2, 0) is 9.47 Å². The summed E-state index contributed by atoms with van der Waals surface area (Å²) < 4.78 is 12.9. The van der Waals surface area contributed by atoms with Crippen molar-refractivity contribution in [2.75, 3.05) is 0 Å². The average Bonchev–Trinajstić information content (AvgIpc) is 3.11. The Morgan fingerprint density at radius 2 is 1.92 bits per heavy atom. The first-order valence-electron chi connectivity index (χ1n) is 9.46. The van der Waals surface area contributed by atoms with Crippen molar-refractivity contribution >= 4 is 0 Å². The van der Waals surface area contributed by atoms with Crippen LogP contribution in [0.25, 0.3) is 0 Å². The predicted octanol–water partition coefficient (Wildman–Crippen LogP) is 4.28.